The molecule has 27 heavy (non-hydrogen) atoms. The van der Waals surface area contributed by atoms with Gasteiger partial charge < -0.3 is 18.3 Å². The highest BCUT2D eigenvalue weighted by Gasteiger charge is 2.37. The fourth-order valence-corrected chi connectivity index (χ4v) is 3.07. The number of hydrogen-bond donors (Lipinski definition) is 0. The van der Waals surface area contributed by atoms with Gasteiger partial charge in [-0.25, -0.2) is 0 Å². The fourth-order valence-electron chi connectivity index (χ4n) is 3.07. The van der Waals surface area contributed by atoms with E-state index in [2.05, 4.69) is 10.1 Å². The SMILES string of the molecule is O=C(c1cc(=O)c2ccccc2o1)N1CC(c2nc(-c3ccco3)no2)C1. The zero-order chi connectivity index (χ0) is 18.4. The van der Waals surface area contributed by atoms with Crippen LogP contribution in [0.1, 0.15) is 22.4 Å². The first-order valence-electron chi connectivity index (χ1n) is 8.39. The molecule has 0 radical (unpaired) electrons. The van der Waals surface area contributed by atoms with Gasteiger partial charge in [0.25, 0.3) is 5.91 Å². The van der Waals surface area contributed by atoms with Crippen molar-refractivity contribution in [3.63, 3.8) is 0 Å². The maximum atomic E-state index is 12.6. The highest BCUT2D eigenvalue weighted by atomic mass is 16.5. The molecule has 1 fully saturated rings. The number of amides is 1. The molecule has 1 amide bonds. The Hall–Kier alpha value is -3.68. The van der Waals surface area contributed by atoms with Gasteiger partial charge in [-0.3, -0.25) is 9.59 Å². The number of carbonyl (C=O) groups is 1. The van der Waals surface area contributed by atoms with E-state index in [0.29, 0.717) is 41.5 Å². The molecule has 1 aliphatic heterocycles. The minimum Gasteiger partial charge on any atom is -0.461 e. The zero-order valence-electron chi connectivity index (χ0n) is 14.0. The molecule has 1 aliphatic rings. The lowest BCUT2D eigenvalue weighted by molar-refractivity contribution is 0.0537. The number of carbonyl (C=O) groups excluding carboxylic acids is 1. The molecular formula is C19H13N3O5. The molecule has 0 spiro atoms. The number of fused-ring (bicyclic) bond motifs is 1. The molecular weight excluding hydrogens is 350 g/mol. The standard InChI is InChI=1S/C19H13N3O5/c23-13-8-16(26-14-5-2-1-4-12(13)14)19(24)22-9-11(10-22)18-20-17(21-27-18)15-6-3-7-25-15/h1-8,11H,9-10H2. The molecule has 0 N–H and O–H groups in total. The van der Waals surface area contributed by atoms with Crippen molar-refractivity contribution in [2.45, 2.75) is 5.92 Å². The molecule has 0 saturated carbocycles. The molecule has 0 bridgehead atoms. The first kappa shape index (κ1) is 15.6. The van der Waals surface area contributed by atoms with Crippen LogP contribution in [0.2, 0.25) is 0 Å². The van der Waals surface area contributed by atoms with Crippen LogP contribution < -0.4 is 5.43 Å². The van der Waals surface area contributed by atoms with Gasteiger partial charge in [0.1, 0.15) is 5.58 Å². The van der Waals surface area contributed by atoms with Gasteiger partial charge in [-0.1, -0.05) is 17.3 Å². The summed E-state index contributed by atoms with van der Waals surface area (Å²) in [6, 6.07) is 11.6. The van der Waals surface area contributed by atoms with Crippen LogP contribution in [-0.4, -0.2) is 34.0 Å². The van der Waals surface area contributed by atoms with E-state index in [9.17, 15) is 9.59 Å². The molecule has 134 valence electrons. The van der Waals surface area contributed by atoms with Crippen LogP contribution in [0.15, 0.2) is 66.9 Å². The Morgan fingerprint density at radius 3 is 2.81 bits per heavy atom. The van der Waals surface area contributed by atoms with Crippen molar-refractivity contribution in [1.82, 2.24) is 15.0 Å². The van der Waals surface area contributed by atoms with Crippen molar-refractivity contribution in [2.24, 2.45) is 0 Å². The van der Waals surface area contributed by atoms with E-state index in [0.717, 1.165) is 0 Å². The van der Waals surface area contributed by atoms with Crippen LogP contribution in [0.3, 0.4) is 0 Å². The number of furan rings is 1. The molecule has 5 rings (SSSR count). The lowest BCUT2D eigenvalue weighted by atomic mass is 9.99. The van der Waals surface area contributed by atoms with E-state index < -0.39 is 0 Å². The predicted octanol–water partition coefficient (Wildman–Crippen LogP) is 2.68. The molecule has 4 aromatic rings. The lowest BCUT2D eigenvalue weighted by Gasteiger charge is -2.36. The second-order valence-electron chi connectivity index (χ2n) is 6.31. The van der Waals surface area contributed by atoms with Gasteiger partial charge in [0, 0.05) is 19.2 Å². The maximum Gasteiger partial charge on any atom is 0.289 e. The van der Waals surface area contributed by atoms with Gasteiger partial charge in [-0.05, 0) is 24.3 Å². The summed E-state index contributed by atoms with van der Waals surface area (Å²) in [5.41, 5.74) is 0.155. The third kappa shape index (κ3) is 2.62. The van der Waals surface area contributed by atoms with E-state index in [1.54, 1.807) is 41.3 Å². The van der Waals surface area contributed by atoms with Crippen LogP contribution >= 0.6 is 0 Å². The Labute approximate surface area is 152 Å². The Morgan fingerprint density at radius 1 is 1.15 bits per heavy atom. The van der Waals surface area contributed by atoms with E-state index in [-0.39, 0.29) is 23.0 Å². The molecule has 4 heterocycles. The second kappa shape index (κ2) is 5.94. The highest BCUT2D eigenvalue weighted by molar-refractivity contribution is 5.93. The normalized spacial score (nSPS) is 14.4. The Bertz CT molecular complexity index is 1190. The maximum absolute atomic E-state index is 12.6. The summed E-state index contributed by atoms with van der Waals surface area (Å²) in [4.78, 5) is 30.7. The van der Waals surface area contributed by atoms with E-state index >= 15 is 0 Å². The lowest BCUT2D eigenvalue weighted by Crippen LogP contribution is -2.48. The van der Waals surface area contributed by atoms with Crippen LogP contribution in [0.5, 0.6) is 0 Å². The molecule has 8 heteroatoms. The van der Waals surface area contributed by atoms with Gasteiger partial charge in [0.05, 0.1) is 17.6 Å². The molecule has 3 aromatic heterocycles. The summed E-state index contributed by atoms with van der Waals surface area (Å²) in [6.45, 7) is 0.824. The van der Waals surface area contributed by atoms with Crippen LogP contribution in [-0.2, 0) is 0 Å². The largest absolute Gasteiger partial charge is 0.461 e. The number of rotatable bonds is 3. The number of benzene rings is 1. The van der Waals surface area contributed by atoms with E-state index in [1.807, 2.05) is 0 Å². The molecule has 1 aromatic carbocycles. The van der Waals surface area contributed by atoms with Gasteiger partial charge in [-0.15, -0.1) is 0 Å². The number of hydrogen-bond acceptors (Lipinski definition) is 7. The summed E-state index contributed by atoms with van der Waals surface area (Å²) in [7, 11) is 0. The summed E-state index contributed by atoms with van der Waals surface area (Å²) in [5, 5.41) is 4.34. The Balaban J connectivity index is 1.32. The summed E-state index contributed by atoms with van der Waals surface area (Å²) >= 11 is 0. The van der Waals surface area contributed by atoms with Gasteiger partial charge in [0.2, 0.25) is 11.7 Å². The van der Waals surface area contributed by atoms with Crippen molar-refractivity contribution in [2.75, 3.05) is 13.1 Å². The van der Waals surface area contributed by atoms with Crippen molar-refractivity contribution in [3.05, 3.63) is 70.6 Å². The van der Waals surface area contributed by atoms with Crippen LogP contribution in [0.25, 0.3) is 22.6 Å². The van der Waals surface area contributed by atoms with Crippen molar-refractivity contribution in [1.29, 1.82) is 0 Å². The topological polar surface area (TPSA) is 103 Å². The van der Waals surface area contributed by atoms with Crippen molar-refractivity contribution < 1.29 is 18.2 Å². The number of para-hydroxylation sites is 1. The Morgan fingerprint density at radius 2 is 2.00 bits per heavy atom. The van der Waals surface area contributed by atoms with Crippen molar-refractivity contribution >= 4 is 16.9 Å². The monoisotopic (exact) mass is 363 g/mol. The smallest absolute Gasteiger partial charge is 0.289 e. The van der Waals surface area contributed by atoms with E-state index in [4.69, 9.17) is 13.4 Å². The minimum atomic E-state index is -0.333. The zero-order valence-corrected chi connectivity index (χ0v) is 14.0. The minimum absolute atomic E-state index is 0.0268. The summed E-state index contributed by atoms with van der Waals surface area (Å²) in [6.07, 6.45) is 1.53. The van der Waals surface area contributed by atoms with Gasteiger partial charge >= 0.3 is 0 Å². The quantitative estimate of drug-likeness (QED) is 0.551. The van der Waals surface area contributed by atoms with E-state index in [1.165, 1.54) is 12.3 Å². The third-order valence-electron chi connectivity index (χ3n) is 4.55. The molecule has 0 aliphatic carbocycles. The van der Waals surface area contributed by atoms with Crippen LogP contribution in [0, 0.1) is 0 Å². The molecule has 1 saturated heterocycles. The number of likely N-dealkylation sites (tertiary alicyclic amines) is 1. The number of aromatic nitrogens is 2. The molecule has 8 nitrogen and oxygen atoms in total. The third-order valence-corrected chi connectivity index (χ3v) is 4.55. The summed E-state index contributed by atoms with van der Waals surface area (Å²) < 4.78 is 16.1. The number of nitrogens with zero attached hydrogens (tertiary/aromatic N) is 3. The first-order chi connectivity index (χ1) is 13.2. The van der Waals surface area contributed by atoms with Crippen LogP contribution in [0.4, 0.5) is 0 Å². The highest BCUT2D eigenvalue weighted by Crippen LogP contribution is 2.29. The average molecular weight is 363 g/mol. The molecule has 0 unspecified atom stereocenters. The molecule has 0 atom stereocenters. The fraction of sp³-hybridized carbons (Fsp3) is 0.158. The van der Waals surface area contributed by atoms with Gasteiger partial charge in [-0.2, -0.15) is 4.98 Å². The first-order valence-corrected chi connectivity index (χ1v) is 8.39. The van der Waals surface area contributed by atoms with Crippen molar-refractivity contribution in [3.8, 4) is 11.6 Å². The second-order valence-corrected chi connectivity index (χ2v) is 6.31. The summed E-state index contributed by atoms with van der Waals surface area (Å²) in [5.74, 6) is 0.983. The predicted molar refractivity (Wildman–Crippen MR) is 93.1 cm³/mol. The average Bonchev–Trinajstić information content (AvgIpc) is 3.32. The Kier molecular flexibility index (Phi) is 3.43. The van der Waals surface area contributed by atoms with Gasteiger partial charge in [0.15, 0.2) is 16.9 Å².